The van der Waals surface area contributed by atoms with Gasteiger partial charge in [-0.05, 0) is 99.5 Å². The Balaban J connectivity index is 0.000000923. The molecule has 4 amide bonds. The number of aliphatic carboxylic acids is 2. The van der Waals surface area contributed by atoms with Crippen LogP contribution in [0.3, 0.4) is 0 Å². The number of unbranched alkanes of at least 4 members (excludes halogenated alkanes) is 2. The van der Waals surface area contributed by atoms with Crippen LogP contribution in [-0.2, 0) is 41.9 Å². The molecular weight excluding hydrogens is 894 g/mol. The third-order valence-corrected chi connectivity index (χ3v) is 8.62. The van der Waals surface area contributed by atoms with Crippen molar-refractivity contribution in [2.45, 2.75) is 83.1 Å². The van der Waals surface area contributed by atoms with E-state index in [-0.39, 0.29) is 13.2 Å². The molecule has 0 aliphatic carbocycles. The van der Waals surface area contributed by atoms with E-state index >= 15 is 0 Å². The number of amides is 4. The second-order valence-electron chi connectivity index (χ2n) is 13.8. The van der Waals surface area contributed by atoms with Gasteiger partial charge in [0.1, 0.15) is 30.9 Å². The SMILES string of the molecule is Cc1cc(=O)oc2cc(NC(=O)OCc3ccc(NC(=O)[C@H](CCCCN)NC(=O)[C@H](CCCCN)NC(=O)OCc4ccccc4)cc3)ccc12.O=C(O)C(F)(F)F.O=C(O)C(F)(F)F. The molecule has 0 aliphatic rings. The largest absolute Gasteiger partial charge is 0.490 e. The highest BCUT2D eigenvalue weighted by Crippen LogP contribution is 2.21. The minimum Gasteiger partial charge on any atom is -0.475 e. The van der Waals surface area contributed by atoms with Gasteiger partial charge in [0.05, 0.1) is 0 Å². The number of alkyl halides is 6. The number of nitrogens with two attached hydrogens (primary N) is 2. The van der Waals surface area contributed by atoms with E-state index in [2.05, 4.69) is 21.3 Å². The van der Waals surface area contributed by atoms with Gasteiger partial charge < -0.3 is 51.5 Å². The Hall–Kier alpha value is -7.21. The number of benzene rings is 3. The summed E-state index contributed by atoms with van der Waals surface area (Å²) in [6.45, 7) is 2.65. The van der Waals surface area contributed by atoms with Crippen LogP contribution in [0.25, 0.3) is 11.0 Å². The Bertz CT molecular complexity index is 2250. The van der Waals surface area contributed by atoms with Gasteiger partial charge in [-0.1, -0.05) is 42.5 Å². The summed E-state index contributed by atoms with van der Waals surface area (Å²) in [4.78, 5) is 81.4. The highest BCUT2D eigenvalue weighted by molar-refractivity contribution is 5.98. The van der Waals surface area contributed by atoms with Crippen molar-refractivity contribution in [3.8, 4) is 0 Å². The number of hydrogen-bond acceptors (Lipinski definition) is 12. The van der Waals surface area contributed by atoms with Crippen LogP contribution in [0, 0.1) is 6.92 Å². The van der Waals surface area contributed by atoms with E-state index in [4.69, 9.17) is 45.2 Å². The molecule has 18 nitrogen and oxygen atoms in total. The first-order valence-electron chi connectivity index (χ1n) is 19.7. The maximum absolute atomic E-state index is 13.4. The summed E-state index contributed by atoms with van der Waals surface area (Å²) in [5, 5.41) is 25.9. The molecule has 0 spiro atoms. The molecule has 0 aliphatic heterocycles. The van der Waals surface area contributed by atoms with E-state index in [1.54, 1.807) is 49.4 Å². The van der Waals surface area contributed by atoms with Crippen molar-refractivity contribution in [3.05, 3.63) is 106 Å². The molecule has 0 bridgehead atoms. The first-order chi connectivity index (χ1) is 31.0. The normalized spacial score (nSPS) is 11.8. The zero-order chi connectivity index (χ0) is 49.5. The number of aryl methyl sites for hydroxylation is 1. The van der Waals surface area contributed by atoms with Crippen molar-refractivity contribution in [2.75, 3.05) is 23.7 Å². The van der Waals surface area contributed by atoms with E-state index < -0.39 is 66.0 Å². The zero-order valence-electron chi connectivity index (χ0n) is 35.1. The third-order valence-electron chi connectivity index (χ3n) is 8.62. The summed E-state index contributed by atoms with van der Waals surface area (Å²) in [6.07, 6.45) is -8.51. The van der Waals surface area contributed by atoms with Crippen molar-refractivity contribution in [1.82, 2.24) is 10.6 Å². The Morgan fingerprint density at radius 2 is 1.12 bits per heavy atom. The van der Waals surface area contributed by atoms with Crippen molar-refractivity contribution in [3.63, 3.8) is 0 Å². The first-order valence-corrected chi connectivity index (χ1v) is 19.7. The van der Waals surface area contributed by atoms with Crippen LogP contribution in [0.5, 0.6) is 0 Å². The number of alkyl carbamates (subject to hydrolysis) is 1. The van der Waals surface area contributed by atoms with Gasteiger partial charge >= 0.3 is 42.1 Å². The highest BCUT2D eigenvalue weighted by atomic mass is 19.4. The molecule has 3 aromatic carbocycles. The monoisotopic (exact) mass is 942 g/mol. The van der Waals surface area contributed by atoms with E-state index in [0.29, 0.717) is 74.1 Å². The molecule has 1 heterocycles. The topological polar surface area (TPSA) is 292 Å². The number of carboxylic acid groups (broad SMARTS) is 2. The minimum atomic E-state index is -5.08. The summed E-state index contributed by atoms with van der Waals surface area (Å²) >= 11 is 0. The molecule has 0 fully saturated rings. The van der Waals surface area contributed by atoms with Crippen LogP contribution in [-0.4, -0.2) is 83.7 Å². The van der Waals surface area contributed by atoms with Crippen molar-refractivity contribution in [2.24, 2.45) is 11.5 Å². The summed E-state index contributed by atoms with van der Waals surface area (Å²) in [7, 11) is 0. The maximum Gasteiger partial charge on any atom is 0.490 e. The smallest absolute Gasteiger partial charge is 0.475 e. The molecule has 0 radical (unpaired) electrons. The molecular formula is C42H48F6N6O12. The van der Waals surface area contributed by atoms with Crippen LogP contribution in [0.1, 0.15) is 55.2 Å². The van der Waals surface area contributed by atoms with Gasteiger partial charge in [-0.25, -0.2) is 24.0 Å². The molecule has 360 valence electrons. The average molecular weight is 943 g/mol. The van der Waals surface area contributed by atoms with Crippen molar-refractivity contribution >= 4 is 58.3 Å². The average Bonchev–Trinajstić information content (AvgIpc) is 3.24. The fraction of sp³-hybridized carbons (Fsp3) is 0.357. The van der Waals surface area contributed by atoms with Crippen molar-refractivity contribution in [1.29, 1.82) is 0 Å². The predicted octanol–water partition coefficient (Wildman–Crippen LogP) is 6.09. The molecule has 0 saturated heterocycles. The Morgan fingerprint density at radius 1 is 0.636 bits per heavy atom. The lowest BCUT2D eigenvalue weighted by atomic mass is 10.1. The molecule has 4 aromatic rings. The number of carboxylic acids is 2. The summed E-state index contributed by atoms with van der Waals surface area (Å²) < 4.78 is 79.4. The van der Waals surface area contributed by atoms with Gasteiger partial charge in [0.2, 0.25) is 11.8 Å². The van der Waals surface area contributed by atoms with Crippen molar-refractivity contribution < 1.29 is 79.2 Å². The molecule has 24 heteroatoms. The summed E-state index contributed by atoms with van der Waals surface area (Å²) in [5.41, 5.74) is 14.3. The van der Waals surface area contributed by atoms with Crippen LogP contribution >= 0.6 is 0 Å². The number of halogens is 6. The lowest BCUT2D eigenvalue weighted by molar-refractivity contribution is -0.193. The van der Waals surface area contributed by atoms with E-state index in [9.17, 15) is 50.3 Å². The van der Waals surface area contributed by atoms with Gasteiger partial charge in [0.25, 0.3) is 0 Å². The maximum atomic E-state index is 13.4. The number of nitrogens with one attached hydrogen (secondary N) is 4. The second-order valence-corrected chi connectivity index (χ2v) is 13.8. The lowest BCUT2D eigenvalue weighted by Gasteiger charge is -2.23. The van der Waals surface area contributed by atoms with E-state index in [1.807, 2.05) is 30.3 Å². The number of rotatable bonds is 18. The third kappa shape index (κ3) is 21.0. The van der Waals surface area contributed by atoms with E-state index in [0.717, 1.165) is 16.5 Å². The van der Waals surface area contributed by atoms with Crippen LogP contribution in [0.15, 0.2) is 88.1 Å². The van der Waals surface area contributed by atoms with Crippen LogP contribution in [0.4, 0.5) is 47.3 Å². The summed E-state index contributed by atoms with van der Waals surface area (Å²) in [6, 6.07) is 20.4. The zero-order valence-corrected chi connectivity index (χ0v) is 35.1. The predicted molar refractivity (Wildman–Crippen MR) is 225 cm³/mol. The standard InChI is InChI=1S/C38H46N6O8.2C2HF3O2/c1-25-21-34(45)52-33-22-29(17-18-30(25)33)42-37(48)50-24-27-13-15-28(16-14-27)41-35(46)31(11-5-7-19-39)43-36(47)32(12-6-8-20-40)44-38(49)51-23-26-9-3-2-4-10-26;2*3-2(4,5)1(6)7/h2-4,9-10,13-18,21-22,31-32H,5-8,11-12,19-20,23-24,39-40H2,1H3,(H,41,46)(H,42,48)(H,43,47)(H,44,49);2*(H,6,7)/t31-,32-;;/m0../s1. The number of carbonyl (C=O) groups is 6. The number of hydrogen-bond donors (Lipinski definition) is 8. The Morgan fingerprint density at radius 3 is 1.64 bits per heavy atom. The number of anilines is 2. The van der Waals surface area contributed by atoms with Crippen LogP contribution in [0.2, 0.25) is 0 Å². The highest BCUT2D eigenvalue weighted by Gasteiger charge is 2.39. The molecule has 66 heavy (non-hydrogen) atoms. The molecule has 4 rings (SSSR count). The van der Waals surface area contributed by atoms with Crippen LogP contribution < -0.4 is 38.4 Å². The number of ether oxygens (including phenoxy) is 2. The quantitative estimate of drug-likeness (QED) is 0.0318. The van der Waals surface area contributed by atoms with Gasteiger partial charge in [-0.15, -0.1) is 0 Å². The van der Waals surface area contributed by atoms with Gasteiger partial charge in [-0.3, -0.25) is 14.9 Å². The molecule has 1 aromatic heterocycles. The number of fused-ring (bicyclic) bond motifs is 1. The lowest BCUT2D eigenvalue weighted by Crippen LogP contribution is -2.52. The second kappa shape index (κ2) is 27.2. The van der Waals surface area contributed by atoms with Gasteiger partial charge in [0, 0.05) is 28.9 Å². The fourth-order valence-corrected chi connectivity index (χ4v) is 5.32. The van der Waals surface area contributed by atoms with Gasteiger partial charge in [0.15, 0.2) is 0 Å². The molecule has 10 N–H and O–H groups in total. The molecule has 0 unspecified atom stereocenters. The minimum absolute atomic E-state index is 0.0407. The first kappa shape index (κ1) is 54.9. The summed E-state index contributed by atoms with van der Waals surface area (Å²) in [5.74, 6) is -6.47. The fourth-order valence-electron chi connectivity index (χ4n) is 5.32. The Kier molecular flexibility index (Phi) is 22.6. The number of carbonyl (C=O) groups excluding carboxylic acids is 4. The van der Waals surface area contributed by atoms with E-state index in [1.165, 1.54) is 6.07 Å². The molecule has 0 saturated carbocycles. The van der Waals surface area contributed by atoms with Gasteiger partial charge in [-0.2, -0.15) is 26.3 Å². The molecule has 2 atom stereocenters. The Labute approximate surface area is 372 Å².